The predicted octanol–water partition coefficient (Wildman–Crippen LogP) is 4.09. The monoisotopic (exact) mass is 493 g/mol. The maximum absolute atomic E-state index is 13.0. The second kappa shape index (κ2) is 8.43. The van der Waals surface area contributed by atoms with Crippen LogP contribution in [0.1, 0.15) is 0 Å². The second-order valence-corrected chi connectivity index (χ2v) is 10.1. The Kier molecular flexibility index (Phi) is 5.91. The van der Waals surface area contributed by atoms with Crippen LogP contribution >= 0.6 is 27.3 Å². The van der Waals surface area contributed by atoms with Crippen LogP contribution in [0.3, 0.4) is 0 Å². The Hall–Kier alpha value is -1.94. The van der Waals surface area contributed by atoms with Gasteiger partial charge in [-0.05, 0) is 40.2 Å². The minimum Gasteiger partial charge on any atom is -0.496 e. The average Bonchev–Trinajstić information content (AvgIpc) is 3.24. The van der Waals surface area contributed by atoms with Gasteiger partial charge in [-0.2, -0.15) is 4.31 Å². The third kappa shape index (κ3) is 4.05. The summed E-state index contributed by atoms with van der Waals surface area (Å²) in [6.07, 6.45) is 0. The van der Waals surface area contributed by atoms with Crippen molar-refractivity contribution in [3.63, 3.8) is 0 Å². The van der Waals surface area contributed by atoms with Crippen molar-refractivity contribution >= 4 is 42.4 Å². The maximum atomic E-state index is 13.0. The lowest BCUT2D eigenvalue weighted by molar-refractivity contribution is 0.384. The molecule has 152 valence electrons. The minimum absolute atomic E-state index is 0.307. The molecule has 9 heteroatoms. The van der Waals surface area contributed by atoms with Crippen molar-refractivity contribution in [1.82, 2.24) is 9.29 Å². The van der Waals surface area contributed by atoms with E-state index in [0.29, 0.717) is 35.5 Å². The molecule has 0 aliphatic carbocycles. The molecule has 0 spiro atoms. The van der Waals surface area contributed by atoms with E-state index in [2.05, 4.69) is 20.8 Å². The first-order valence-corrected chi connectivity index (χ1v) is 12.2. The number of hydrogen-bond donors (Lipinski definition) is 0. The van der Waals surface area contributed by atoms with E-state index in [0.717, 1.165) is 22.1 Å². The number of anilines is 1. The number of hydrogen-bond acceptors (Lipinski definition) is 6. The zero-order valence-electron chi connectivity index (χ0n) is 15.8. The summed E-state index contributed by atoms with van der Waals surface area (Å²) in [5, 5.41) is 2.90. The Labute approximate surface area is 182 Å². The van der Waals surface area contributed by atoms with Crippen molar-refractivity contribution in [3.05, 3.63) is 58.4 Å². The highest BCUT2D eigenvalue weighted by atomic mass is 79.9. The number of ether oxygens (including phenoxy) is 1. The zero-order chi connectivity index (χ0) is 20.4. The van der Waals surface area contributed by atoms with Crippen LogP contribution in [0.4, 0.5) is 5.13 Å². The number of piperazine rings is 1. The number of sulfonamides is 1. The molecule has 1 aromatic heterocycles. The molecule has 4 rings (SSSR count). The fourth-order valence-electron chi connectivity index (χ4n) is 3.30. The summed E-state index contributed by atoms with van der Waals surface area (Å²) < 4.78 is 33.5. The summed E-state index contributed by atoms with van der Waals surface area (Å²) in [6, 6.07) is 14.7. The summed E-state index contributed by atoms with van der Waals surface area (Å²) in [5.41, 5.74) is 1.82. The third-order valence-corrected chi connectivity index (χ3v) is 8.65. The van der Waals surface area contributed by atoms with Crippen molar-refractivity contribution in [2.75, 3.05) is 38.2 Å². The molecule has 29 heavy (non-hydrogen) atoms. The standard InChI is InChI=1S/C20H20BrN3O3S2/c1-27-18-8-4-2-6-15(18)17-14-28-20(22-17)23-10-12-24(13-11-23)29(25,26)19-9-5-3-7-16(19)21/h2-9,14H,10-13H2,1H3. The van der Waals surface area contributed by atoms with E-state index in [-0.39, 0.29) is 0 Å². The first-order chi connectivity index (χ1) is 14.0. The molecule has 0 amide bonds. The molecule has 0 unspecified atom stereocenters. The smallest absolute Gasteiger partial charge is 0.244 e. The number of nitrogens with zero attached hydrogens (tertiary/aromatic N) is 3. The van der Waals surface area contributed by atoms with E-state index in [1.165, 1.54) is 0 Å². The van der Waals surface area contributed by atoms with E-state index in [4.69, 9.17) is 9.72 Å². The number of aromatic nitrogens is 1. The number of para-hydroxylation sites is 1. The van der Waals surface area contributed by atoms with Crippen LogP contribution in [0.5, 0.6) is 5.75 Å². The van der Waals surface area contributed by atoms with Gasteiger partial charge in [-0.1, -0.05) is 24.3 Å². The van der Waals surface area contributed by atoms with Gasteiger partial charge in [-0.3, -0.25) is 0 Å². The van der Waals surface area contributed by atoms with Gasteiger partial charge in [0.2, 0.25) is 10.0 Å². The van der Waals surface area contributed by atoms with Crippen molar-refractivity contribution in [1.29, 1.82) is 0 Å². The van der Waals surface area contributed by atoms with Gasteiger partial charge in [0.05, 0.1) is 17.7 Å². The highest BCUT2D eigenvalue weighted by Gasteiger charge is 2.30. The van der Waals surface area contributed by atoms with E-state index in [1.807, 2.05) is 35.7 Å². The summed E-state index contributed by atoms with van der Waals surface area (Å²) >= 11 is 4.91. The van der Waals surface area contributed by atoms with Crippen molar-refractivity contribution in [2.24, 2.45) is 0 Å². The Bertz CT molecular complexity index is 1110. The van der Waals surface area contributed by atoms with E-state index >= 15 is 0 Å². The van der Waals surface area contributed by atoms with Gasteiger partial charge in [0.25, 0.3) is 0 Å². The SMILES string of the molecule is COc1ccccc1-c1csc(N2CCN(S(=O)(=O)c3ccccc3Br)CC2)n1. The van der Waals surface area contributed by atoms with Gasteiger partial charge in [0.15, 0.2) is 5.13 Å². The van der Waals surface area contributed by atoms with Crippen LogP contribution in [0.25, 0.3) is 11.3 Å². The van der Waals surface area contributed by atoms with E-state index < -0.39 is 10.0 Å². The largest absolute Gasteiger partial charge is 0.496 e. The number of thiazole rings is 1. The quantitative estimate of drug-likeness (QED) is 0.535. The molecule has 1 saturated heterocycles. The van der Waals surface area contributed by atoms with Crippen LogP contribution in [0, 0.1) is 0 Å². The number of halogens is 1. The molecular weight excluding hydrogens is 474 g/mol. The van der Waals surface area contributed by atoms with Crippen LogP contribution in [-0.4, -0.2) is 51.0 Å². The first-order valence-electron chi connectivity index (χ1n) is 9.09. The number of rotatable bonds is 5. The molecule has 0 radical (unpaired) electrons. The second-order valence-electron chi connectivity index (χ2n) is 6.54. The molecule has 2 aromatic carbocycles. The average molecular weight is 494 g/mol. The molecule has 1 fully saturated rings. The van der Waals surface area contributed by atoms with E-state index in [9.17, 15) is 8.42 Å². The summed E-state index contributed by atoms with van der Waals surface area (Å²) in [5.74, 6) is 0.786. The lowest BCUT2D eigenvalue weighted by atomic mass is 10.1. The third-order valence-electron chi connectivity index (χ3n) is 4.84. The van der Waals surface area contributed by atoms with Crippen LogP contribution in [0.2, 0.25) is 0 Å². The molecular formula is C20H20BrN3O3S2. The summed E-state index contributed by atoms with van der Waals surface area (Å²) in [7, 11) is -1.87. The van der Waals surface area contributed by atoms with Gasteiger partial charge >= 0.3 is 0 Å². The van der Waals surface area contributed by atoms with Crippen molar-refractivity contribution < 1.29 is 13.2 Å². The van der Waals surface area contributed by atoms with Gasteiger partial charge < -0.3 is 9.64 Å². The molecule has 0 bridgehead atoms. The molecule has 1 aliphatic rings. The van der Waals surface area contributed by atoms with Gasteiger partial charge in [-0.25, -0.2) is 13.4 Å². The Morgan fingerprint density at radius 2 is 1.72 bits per heavy atom. The van der Waals surface area contributed by atoms with Gasteiger partial charge in [0, 0.05) is 41.6 Å². The van der Waals surface area contributed by atoms with Crippen LogP contribution in [0.15, 0.2) is 63.3 Å². The fourth-order valence-corrected chi connectivity index (χ4v) is 6.57. The van der Waals surface area contributed by atoms with Crippen molar-refractivity contribution in [3.8, 4) is 17.0 Å². The summed E-state index contributed by atoms with van der Waals surface area (Å²) in [4.78, 5) is 7.20. The zero-order valence-corrected chi connectivity index (χ0v) is 19.0. The van der Waals surface area contributed by atoms with Crippen LogP contribution in [-0.2, 0) is 10.0 Å². The Morgan fingerprint density at radius 3 is 2.45 bits per heavy atom. The first kappa shape index (κ1) is 20.3. The van der Waals surface area contributed by atoms with Gasteiger partial charge in [-0.15, -0.1) is 11.3 Å². The Balaban J connectivity index is 1.48. The lowest BCUT2D eigenvalue weighted by Crippen LogP contribution is -2.48. The highest BCUT2D eigenvalue weighted by Crippen LogP contribution is 2.34. The van der Waals surface area contributed by atoms with Gasteiger partial charge in [0.1, 0.15) is 5.75 Å². The number of methoxy groups -OCH3 is 1. The fraction of sp³-hybridized carbons (Fsp3) is 0.250. The lowest BCUT2D eigenvalue weighted by Gasteiger charge is -2.33. The van der Waals surface area contributed by atoms with Crippen LogP contribution < -0.4 is 9.64 Å². The highest BCUT2D eigenvalue weighted by molar-refractivity contribution is 9.10. The predicted molar refractivity (Wildman–Crippen MR) is 119 cm³/mol. The molecule has 3 aromatic rings. The Morgan fingerprint density at radius 1 is 1.03 bits per heavy atom. The van der Waals surface area contributed by atoms with E-state index in [1.54, 1.807) is 41.0 Å². The van der Waals surface area contributed by atoms with Crippen molar-refractivity contribution in [2.45, 2.75) is 4.90 Å². The molecule has 0 saturated carbocycles. The molecule has 1 aliphatic heterocycles. The molecule has 6 nitrogen and oxygen atoms in total. The normalized spacial score (nSPS) is 15.4. The molecule has 0 N–H and O–H groups in total. The summed E-state index contributed by atoms with van der Waals surface area (Å²) in [6.45, 7) is 2.05. The molecule has 0 atom stereocenters. The minimum atomic E-state index is -3.52. The molecule has 2 heterocycles. The number of benzene rings is 2. The topological polar surface area (TPSA) is 62.7 Å². The maximum Gasteiger partial charge on any atom is 0.244 e.